The lowest BCUT2D eigenvalue weighted by Gasteiger charge is -2.44. The predicted octanol–water partition coefficient (Wildman–Crippen LogP) is 3.45. The molecule has 0 aromatic heterocycles. The molecule has 1 aliphatic heterocycles. The third kappa shape index (κ3) is 3.40. The van der Waals surface area contributed by atoms with Crippen molar-refractivity contribution in [3.05, 3.63) is 47.2 Å². The Kier molecular flexibility index (Phi) is 5.07. The van der Waals surface area contributed by atoms with Crippen LogP contribution in [0.2, 0.25) is 0 Å². The molecule has 4 nitrogen and oxygen atoms in total. The van der Waals surface area contributed by atoms with Gasteiger partial charge in [0.2, 0.25) is 0 Å². The lowest BCUT2D eigenvalue weighted by Crippen LogP contribution is -2.42. The zero-order chi connectivity index (χ0) is 17.0. The van der Waals surface area contributed by atoms with Crippen LogP contribution in [0.5, 0.6) is 0 Å². The minimum Gasteiger partial charge on any atom is -0.402 e. The highest BCUT2D eigenvalue weighted by atomic mass is 16.7. The van der Waals surface area contributed by atoms with Crippen molar-refractivity contribution in [3.8, 4) is 0 Å². The summed E-state index contributed by atoms with van der Waals surface area (Å²) < 4.78 is 11.8. The summed E-state index contributed by atoms with van der Waals surface area (Å²) in [7, 11) is 0. The lowest BCUT2D eigenvalue weighted by atomic mass is 9.65. The van der Waals surface area contributed by atoms with Gasteiger partial charge < -0.3 is 15.2 Å². The van der Waals surface area contributed by atoms with Crippen molar-refractivity contribution in [2.45, 2.75) is 56.7 Å². The first kappa shape index (κ1) is 17.2. The molecular formula is C20H27NO3. The van der Waals surface area contributed by atoms with Gasteiger partial charge >= 0.3 is 0 Å². The average Bonchev–Trinajstić information content (AvgIpc) is 3.06. The molecule has 0 unspecified atom stereocenters. The predicted molar refractivity (Wildman–Crippen MR) is 93.4 cm³/mol. The van der Waals surface area contributed by atoms with Crippen LogP contribution in [0.4, 0.5) is 0 Å². The van der Waals surface area contributed by atoms with E-state index in [1.54, 1.807) is 6.92 Å². The van der Waals surface area contributed by atoms with E-state index in [0.717, 1.165) is 50.4 Å². The smallest absolute Gasteiger partial charge is 0.168 e. The van der Waals surface area contributed by atoms with E-state index in [1.807, 2.05) is 6.07 Å². The second-order valence-electron chi connectivity index (χ2n) is 7.08. The van der Waals surface area contributed by atoms with Crippen molar-refractivity contribution in [2.75, 3.05) is 13.2 Å². The number of carbonyl (C=O) groups excluding carboxylic acids is 1. The Morgan fingerprint density at radius 3 is 2.29 bits per heavy atom. The van der Waals surface area contributed by atoms with Crippen molar-refractivity contribution < 1.29 is 14.3 Å². The van der Waals surface area contributed by atoms with Crippen LogP contribution >= 0.6 is 0 Å². The van der Waals surface area contributed by atoms with Crippen molar-refractivity contribution in [1.29, 1.82) is 0 Å². The summed E-state index contributed by atoms with van der Waals surface area (Å²) in [6.07, 6.45) is 6.37. The molecule has 4 heteroatoms. The summed E-state index contributed by atoms with van der Waals surface area (Å²) in [5, 5.41) is 0. The summed E-state index contributed by atoms with van der Waals surface area (Å²) in [5.41, 5.74) is 8.60. The first-order valence-corrected chi connectivity index (χ1v) is 8.83. The molecule has 1 aromatic carbocycles. The highest BCUT2D eigenvalue weighted by Crippen LogP contribution is 2.49. The molecule has 2 N–H and O–H groups in total. The zero-order valence-electron chi connectivity index (χ0n) is 14.4. The second kappa shape index (κ2) is 7.08. The van der Waals surface area contributed by atoms with Crippen LogP contribution in [-0.2, 0) is 19.7 Å². The fraction of sp³-hybridized carbons (Fsp3) is 0.550. The molecule has 1 aliphatic carbocycles. The van der Waals surface area contributed by atoms with Gasteiger partial charge in [-0.05, 0) is 43.6 Å². The summed E-state index contributed by atoms with van der Waals surface area (Å²) in [6.45, 7) is 3.19. The number of aldehydes is 1. The van der Waals surface area contributed by atoms with E-state index in [9.17, 15) is 4.79 Å². The molecule has 1 aromatic rings. The number of hydrogen-bond donors (Lipinski definition) is 1. The third-order valence-corrected chi connectivity index (χ3v) is 5.69. The monoisotopic (exact) mass is 329 g/mol. The molecule has 0 bridgehead atoms. The molecule has 2 aliphatic rings. The van der Waals surface area contributed by atoms with E-state index in [-0.39, 0.29) is 11.2 Å². The van der Waals surface area contributed by atoms with Gasteiger partial charge in [0.25, 0.3) is 0 Å². The molecule has 3 rings (SSSR count). The number of nitrogens with two attached hydrogens (primary N) is 1. The summed E-state index contributed by atoms with van der Waals surface area (Å²) in [5.74, 6) is -0.370. The van der Waals surface area contributed by atoms with Gasteiger partial charge in [-0.2, -0.15) is 0 Å². The van der Waals surface area contributed by atoms with Crippen molar-refractivity contribution in [1.82, 2.24) is 0 Å². The van der Waals surface area contributed by atoms with Gasteiger partial charge in [-0.3, -0.25) is 4.79 Å². The molecule has 1 heterocycles. The molecule has 0 atom stereocenters. The largest absolute Gasteiger partial charge is 0.402 e. The van der Waals surface area contributed by atoms with Crippen LogP contribution in [0.15, 0.2) is 41.6 Å². The first-order chi connectivity index (χ1) is 11.6. The van der Waals surface area contributed by atoms with E-state index in [1.165, 1.54) is 5.56 Å². The Balaban J connectivity index is 1.81. The summed E-state index contributed by atoms with van der Waals surface area (Å²) in [6, 6.07) is 10.6. The maximum absolute atomic E-state index is 11.3. The van der Waals surface area contributed by atoms with Crippen LogP contribution in [0.1, 0.15) is 51.0 Å². The van der Waals surface area contributed by atoms with Crippen LogP contribution < -0.4 is 5.73 Å². The number of ether oxygens (including phenoxy) is 2. The molecule has 1 spiro atoms. The number of hydrogen-bond acceptors (Lipinski definition) is 4. The van der Waals surface area contributed by atoms with Gasteiger partial charge in [0.1, 0.15) is 6.29 Å². The van der Waals surface area contributed by atoms with Gasteiger partial charge in [0.15, 0.2) is 5.79 Å². The van der Waals surface area contributed by atoms with Gasteiger partial charge in [0, 0.05) is 24.1 Å². The van der Waals surface area contributed by atoms with Crippen molar-refractivity contribution in [2.24, 2.45) is 5.73 Å². The Hall–Kier alpha value is -1.65. The van der Waals surface area contributed by atoms with Crippen LogP contribution in [0.25, 0.3) is 0 Å². The molecule has 1 saturated carbocycles. The van der Waals surface area contributed by atoms with E-state index < -0.39 is 0 Å². The number of carbonyl (C=O) groups is 1. The van der Waals surface area contributed by atoms with E-state index in [4.69, 9.17) is 15.2 Å². The number of rotatable bonds is 5. The SMILES string of the molecule is C/C(N)=C(/C=O)CCC1(c2ccccc2)CCC2(CC1)OCCO2. The highest BCUT2D eigenvalue weighted by molar-refractivity contribution is 5.74. The highest BCUT2D eigenvalue weighted by Gasteiger charge is 2.46. The Labute approximate surface area is 144 Å². The number of allylic oxidation sites excluding steroid dienone is 2. The second-order valence-corrected chi connectivity index (χ2v) is 7.08. The van der Waals surface area contributed by atoms with Crippen LogP contribution in [-0.4, -0.2) is 25.3 Å². The molecular weight excluding hydrogens is 302 g/mol. The van der Waals surface area contributed by atoms with Gasteiger partial charge in [-0.15, -0.1) is 0 Å². The molecule has 24 heavy (non-hydrogen) atoms. The van der Waals surface area contributed by atoms with Crippen LogP contribution in [0.3, 0.4) is 0 Å². The Bertz CT molecular complexity index is 589. The van der Waals surface area contributed by atoms with Gasteiger partial charge in [0.05, 0.1) is 13.2 Å². The van der Waals surface area contributed by atoms with E-state index in [0.29, 0.717) is 18.9 Å². The molecule has 1 saturated heterocycles. The van der Waals surface area contributed by atoms with E-state index in [2.05, 4.69) is 24.3 Å². The molecule has 0 amide bonds. The lowest BCUT2D eigenvalue weighted by molar-refractivity contribution is -0.185. The standard InChI is InChI=1S/C20H27NO3/c1-16(21)17(15-22)7-8-19(18-5-3-2-4-6-18)9-11-20(12-10-19)23-13-14-24-20/h2-6,15H,7-14,21H2,1H3/b17-16-. The molecule has 2 fully saturated rings. The van der Waals surface area contributed by atoms with Crippen LogP contribution in [0, 0.1) is 0 Å². The fourth-order valence-corrected chi connectivity index (χ4v) is 4.09. The minimum absolute atomic E-state index is 0.0610. The van der Waals surface area contributed by atoms with Gasteiger partial charge in [-0.25, -0.2) is 0 Å². The topological polar surface area (TPSA) is 61.6 Å². The average molecular weight is 329 g/mol. The Morgan fingerprint density at radius 1 is 1.12 bits per heavy atom. The fourth-order valence-electron chi connectivity index (χ4n) is 4.09. The number of benzene rings is 1. The zero-order valence-corrected chi connectivity index (χ0v) is 14.4. The van der Waals surface area contributed by atoms with Gasteiger partial charge in [-0.1, -0.05) is 30.3 Å². The first-order valence-electron chi connectivity index (χ1n) is 8.83. The summed E-state index contributed by atoms with van der Waals surface area (Å²) >= 11 is 0. The summed E-state index contributed by atoms with van der Waals surface area (Å²) in [4.78, 5) is 11.3. The normalized spacial score (nSPS) is 23.0. The third-order valence-electron chi connectivity index (χ3n) is 5.69. The minimum atomic E-state index is -0.370. The maximum Gasteiger partial charge on any atom is 0.168 e. The molecule has 0 radical (unpaired) electrons. The Morgan fingerprint density at radius 2 is 1.75 bits per heavy atom. The van der Waals surface area contributed by atoms with Crippen molar-refractivity contribution in [3.63, 3.8) is 0 Å². The maximum atomic E-state index is 11.3. The molecule has 130 valence electrons. The van der Waals surface area contributed by atoms with Crippen molar-refractivity contribution >= 4 is 6.29 Å². The quantitative estimate of drug-likeness (QED) is 0.664. The van der Waals surface area contributed by atoms with E-state index >= 15 is 0 Å².